The zero-order valence-electron chi connectivity index (χ0n) is 10.5. The third-order valence-electron chi connectivity index (χ3n) is 4.99. The topological polar surface area (TPSA) is 66.3 Å². The quantitative estimate of drug-likeness (QED) is 0.773. The molecule has 19 heavy (non-hydrogen) atoms. The summed E-state index contributed by atoms with van der Waals surface area (Å²) < 4.78 is 4.65. The molecule has 2 bridgehead atoms. The Morgan fingerprint density at radius 3 is 2.32 bits per heavy atom. The van der Waals surface area contributed by atoms with E-state index in [1.165, 1.54) is 19.1 Å². The van der Waals surface area contributed by atoms with Crippen molar-refractivity contribution < 1.29 is 9.21 Å². The van der Waals surface area contributed by atoms with Crippen LogP contribution in [0.3, 0.4) is 0 Å². The number of allylic oxidation sites excluding steroid dienone is 2. The Hall–Kier alpha value is -1.78. The standard InChI is InChI=1S/C14H16N2O3/c17-13(12-7-19-14(18)15-12)16-5-10-8-1-2-9(4-3-8)11(10)6-16/h1-2,7-11H,3-6H2,(H,15,18)/t8-,9+,10+,11-. The number of likely N-dealkylation sites (tertiary alicyclic amines) is 1. The first-order valence-corrected chi connectivity index (χ1v) is 6.88. The highest BCUT2D eigenvalue weighted by molar-refractivity contribution is 5.92. The van der Waals surface area contributed by atoms with E-state index in [0.717, 1.165) is 13.1 Å². The minimum Gasteiger partial charge on any atom is -0.416 e. The molecule has 0 radical (unpaired) electrons. The lowest BCUT2D eigenvalue weighted by molar-refractivity contribution is 0.0776. The number of aromatic amines is 1. The van der Waals surface area contributed by atoms with Gasteiger partial charge in [0.2, 0.25) is 0 Å². The third kappa shape index (κ3) is 1.60. The number of rotatable bonds is 1. The van der Waals surface area contributed by atoms with Crippen LogP contribution in [-0.4, -0.2) is 28.9 Å². The molecule has 0 aromatic carbocycles. The summed E-state index contributed by atoms with van der Waals surface area (Å²) in [6, 6.07) is 0. The van der Waals surface area contributed by atoms with E-state index >= 15 is 0 Å². The zero-order valence-corrected chi connectivity index (χ0v) is 10.5. The van der Waals surface area contributed by atoms with E-state index in [9.17, 15) is 9.59 Å². The first-order chi connectivity index (χ1) is 9.22. The summed E-state index contributed by atoms with van der Waals surface area (Å²) in [4.78, 5) is 27.6. The first kappa shape index (κ1) is 11.1. The van der Waals surface area contributed by atoms with Gasteiger partial charge in [-0.25, -0.2) is 4.79 Å². The highest BCUT2D eigenvalue weighted by Crippen LogP contribution is 2.48. The summed E-state index contributed by atoms with van der Waals surface area (Å²) in [6.07, 6.45) is 8.41. The number of oxazole rings is 1. The van der Waals surface area contributed by atoms with E-state index in [2.05, 4.69) is 21.6 Å². The highest BCUT2D eigenvalue weighted by atomic mass is 16.4. The first-order valence-electron chi connectivity index (χ1n) is 6.88. The number of fused-ring (bicyclic) bond motifs is 1. The number of H-pyrrole nitrogens is 1. The average Bonchev–Trinajstić information content (AvgIpc) is 3.06. The minimum atomic E-state index is -0.568. The normalized spacial score (nSPS) is 35.7. The molecule has 2 heterocycles. The number of aromatic nitrogens is 1. The molecule has 4 atom stereocenters. The smallest absolute Gasteiger partial charge is 0.416 e. The minimum absolute atomic E-state index is 0.111. The molecule has 1 aromatic heterocycles. The van der Waals surface area contributed by atoms with Gasteiger partial charge in [-0.05, 0) is 36.5 Å². The summed E-state index contributed by atoms with van der Waals surface area (Å²) >= 11 is 0. The van der Waals surface area contributed by atoms with Crippen molar-refractivity contribution in [2.75, 3.05) is 13.1 Å². The SMILES string of the molecule is O=C(c1coc(=O)[nH]1)N1C[C@@H]2[C@H](C1)[C@H]1C=C[C@@H]2CC1. The van der Waals surface area contributed by atoms with Crippen LogP contribution in [0.4, 0.5) is 0 Å². The van der Waals surface area contributed by atoms with Crippen molar-refractivity contribution in [3.05, 3.63) is 34.7 Å². The fraction of sp³-hybridized carbons (Fsp3) is 0.571. The Bertz CT molecular complexity index is 578. The lowest BCUT2D eigenvalue weighted by Gasteiger charge is -2.40. The summed E-state index contributed by atoms with van der Waals surface area (Å²) in [5, 5.41) is 0. The number of hydrogen-bond donors (Lipinski definition) is 1. The Balaban J connectivity index is 1.57. The van der Waals surface area contributed by atoms with E-state index in [4.69, 9.17) is 0 Å². The van der Waals surface area contributed by atoms with Crippen molar-refractivity contribution in [3.63, 3.8) is 0 Å². The number of amides is 1. The molecular formula is C14H16N2O3. The van der Waals surface area contributed by atoms with E-state index in [1.54, 1.807) is 0 Å². The van der Waals surface area contributed by atoms with Gasteiger partial charge in [-0.2, -0.15) is 0 Å². The predicted octanol–water partition coefficient (Wildman–Crippen LogP) is 1.25. The second kappa shape index (κ2) is 3.85. The zero-order chi connectivity index (χ0) is 13.0. The van der Waals surface area contributed by atoms with Crippen LogP contribution < -0.4 is 5.76 Å². The molecule has 4 aliphatic rings. The van der Waals surface area contributed by atoms with Crippen molar-refractivity contribution in [1.29, 1.82) is 0 Å². The molecule has 5 rings (SSSR count). The lowest BCUT2D eigenvalue weighted by Crippen LogP contribution is -2.35. The summed E-state index contributed by atoms with van der Waals surface area (Å²) in [5.41, 5.74) is 0.268. The molecule has 0 spiro atoms. The van der Waals surface area contributed by atoms with Gasteiger partial charge in [0.15, 0.2) is 0 Å². The molecule has 1 N–H and O–H groups in total. The Morgan fingerprint density at radius 1 is 1.21 bits per heavy atom. The number of carbonyl (C=O) groups excluding carboxylic acids is 1. The molecule has 5 heteroatoms. The van der Waals surface area contributed by atoms with Crippen LogP contribution in [0, 0.1) is 23.7 Å². The van der Waals surface area contributed by atoms with Gasteiger partial charge >= 0.3 is 5.76 Å². The van der Waals surface area contributed by atoms with Gasteiger partial charge in [0.25, 0.3) is 5.91 Å². The summed E-state index contributed by atoms with van der Waals surface area (Å²) in [6.45, 7) is 1.62. The van der Waals surface area contributed by atoms with Crippen LogP contribution in [0.1, 0.15) is 23.3 Å². The molecule has 1 saturated carbocycles. The largest absolute Gasteiger partial charge is 0.416 e. The van der Waals surface area contributed by atoms with Crippen molar-refractivity contribution in [1.82, 2.24) is 9.88 Å². The molecule has 1 saturated heterocycles. The van der Waals surface area contributed by atoms with Crippen LogP contribution in [0.5, 0.6) is 0 Å². The fourth-order valence-electron chi connectivity index (χ4n) is 4.06. The number of nitrogens with zero attached hydrogens (tertiary/aromatic N) is 1. The monoisotopic (exact) mass is 260 g/mol. The van der Waals surface area contributed by atoms with Crippen LogP contribution in [0.15, 0.2) is 27.6 Å². The molecule has 5 nitrogen and oxygen atoms in total. The lowest BCUT2D eigenvalue weighted by atomic mass is 9.64. The fourth-order valence-corrected chi connectivity index (χ4v) is 4.06. The Labute approximate surface area is 110 Å². The van der Waals surface area contributed by atoms with Gasteiger partial charge in [0, 0.05) is 13.1 Å². The van der Waals surface area contributed by atoms with Gasteiger partial charge in [0.05, 0.1) is 0 Å². The maximum absolute atomic E-state index is 12.3. The van der Waals surface area contributed by atoms with Crippen LogP contribution in [0.2, 0.25) is 0 Å². The number of carbonyl (C=O) groups is 1. The molecular weight excluding hydrogens is 244 g/mol. The van der Waals surface area contributed by atoms with Crippen LogP contribution in [0.25, 0.3) is 0 Å². The highest BCUT2D eigenvalue weighted by Gasteiger charge is 2.47. The molecule has 1 aliphatic heterocycles. The third-order valence-corrected chi connectivity index (χ3v) is 4.99. The molecule has 3 aliphatic carbocycles. The second-order valence-corrected chi connectivity index (χ2v) is 5.89. The second-order valence-electron chi connectivity index (χ2n) is 5.89. The summed E-state index contributed by atoms with van der Waals surface area (Å²) in [7, 11) is 0. The van der Waals surface area contributed by atoms with Crippen LogP contribution in [-0.2, 0) is 0 Å². The number of hydrogen-bond acceptors (Lipinski definition) is 3. The maximum Gasteiger partial charge on any atom is 0.416 e. The van der Waals surface area contributed by atoms with Crippen molar-refractivity contribution in [2.24, 2.45) is 23.7 Å². The Kier molecular flexibility index (Phi) is 2.25. The van der Waals surface area contributed by atoms with E-state index in [-0.39, 0.29) is 11.6 Å². The maximum atomic E-state index is 12.3. The predicted molar refractivity (Wildman–Crippen MR) is 67.6 cm³/mol. The van der Waals surface area contributed by atoms with Gasteiger partial charge < -0.3 is 9.32 Å². The van der Waals surface area contributed by atoms with Gasteiger partial charge in [0.1, 0.15) is 12.0 Å². The van der Waals surface area contributed by atoms with Crippen molar-refractivity contribution in [3.8, 4) is 0 Å². The van der Waals surface area contributed by atoms with Crippen molar-refractivity contribution >= 4 is 5.91 Å². The molecule has 0 unspecified atom stereocenters. The van der Waals surface area contributed by atoms with Crippen molar-refractivity contribution in [2.45, 2.75) is 12.8 Å². The van der Waals surface area contributed by atoms with Gasteiger partial charge in [-0.15, -0.1) is 0 Å². The van der Waals surface area contributed by atoms with E-state index < -0.39 is 5.76 Å². The Morgan fingerprint density at radius 2 is 1.84 bits per heavy atom. The average molecular weight is 260 g/mol. The van der Waals surface area contributed by atoms with E-state index in [0.29, 0.717) is 23.7 Å². The molecule has 100 valence electrons. The van der Waals surface area contributed by atoms with Gasteiger partial charge in [-0.1, -0.05) is 12.2 Å². The van der Waals surface area contributed by atoms with Gasteiger partial charge in [-0.3, -0.25) is 9.78 Å². The molecule has 1 amide bonds. The molecule has 2 fully saturated rings. The van der Waals surface area contributed by atoms with E-state index in [1.807, 2.05) is 4.90 Å². The van der Waals surface area contributed by atoms with Crippen LogP contribution >= 0.6 is 0 Å². The number of nitrogens with one attached hydrogen (secondary N) is 1. The molecule has 1 aromatic rings. The summed E-state index contributed by atoms with van der Waals surface area (Å²) in [5.74, 6) is 1.80.